The van der Waals surface area contributed by atoms with Gasteiger partial charge in [-0.05, 0) is 48.2 Å². The SMILES string of the molecule is Cc1c(CCBr)c2cc(Cl)ccc2n1C(c1ccccc1)c1ccccc1. The monoisotopic (exact) mass is 437 g/mol. The molecule has 1 heterocycles. The van der Waals surface area contributed by atoms with Crippen molar-refractivity contribution < 1.29 is 0 Å². The standard InChI is InChI=1S/C24H21BrClN/c1-17-21(14-15-25)22-16-20(26)12-13-23(22)27(17)24(18-8-4-2-5-9-18)19-10-6-3-7-11-19/h2-13,16,24H,14-15H2,1H3. The van der Waals surface area contributed by atoms with Crippen molar-refractivity contribution in [1.82, 2.24) is 4.57 Å². The Bertz CT molecular complexity index is 1010. The van der Waals surface area contributed by atoms with Crippen LogP contribution in [-0.4, -0.2) is 9.90 Å². The lowest BCUT2D eigenvalue weighted by atomic mass is 9.98. The molecule has 27 heavy (non-hydrogen) atoms. The average molecular weight is 439 g/mol. The van der Waals surface area contributed by atoms with Crippen molar-refractivity contribution in [1.29, 1.82) is 0 Å². The molecule has 0 saturated heterocycles. The van der Waals surface area contributed by atoms with E-state index in [1.807, 2.05) is 6.07 Å². The molecule has 1 nitrogen and oxygen atoms in total. The second-order valence-corrected chi connectivity index (χ2v) is 7.99. The van der Waals surface area contributed by atoms with Gasteiger partial charge in [-0.1, -0.05) is 88.2 Å². The number of hydrogen-bond donors (Lipinski definition) is 0. The number of alkyl halides is 1. The fraction of sp³-hybridized carbons (Fsp3) is 0.167. The first kappa shape index (κ1) is 18.3. The summed E-state index contributed by atoms with van der Waals surface area (Å²) in [7, 11) is 0. The van der Waals surface area contributed by atoms with E-state index in [0.717, 1.165) is 16.8 Å². The number of fused-ring (bicyclic) bond motifs is 1. The molecule has 0 N–H and O–H groups in total. The van der Waals surface area contributed by atoms with Crippen molar-refractivity contribution in [2.75, 3.05) is 5.33 Å². The van der Waals surface area contributed by atoms with Crippen LogP contribution >= 0.6 is 27.5 Å². The summed E-state index contributed by atoms with van der Waals surface area (Å²) in [6, 6.07) is 27.8. The van der Waals surface area contributed by atoms with E-state index in [-0.39, 0.29) is 6.04 Å². The normalized spacial score (nSPS) is 11.4. The molecule has 0 aliphatic heterocycles. The van der Waals surface area contributed by atoms with Gasteiger partial charge >= 0.3 is 0 Å². The summed E-state index contributed by atoms with van der Waals surface area (Å²) in [6.45, 7) is 2.23. The highest BCUT2D eigenvalue weighted by Gasteiger charge is 2.23. The highest BCUT2D eigenvalue weighted by atomic mass is 79.9. The number of halogens is 2. The van der Waals surface area contributed by atoms with E-state index >= 15 is 0 Å². The molecular formula is C24H21BrClN. The largest absolute Gasteiger partial charge is 0.333 e. The zero-order chi connectivity index (χ0) is 18.8. The Labute approximate surface area is 173 Å². The summed E-state index contributed by atoms with van der Waals surface area (Å²) >= 11 is 9.96. The van der Waals surface area contributed by atoms with Crippen molar-refractivity contribution >= 4 is 38.4 Å². The second kappa shape index (κ2) is 7.92. The molecule has 4 aromatic rings. The first-order chi connectivity index (χ1) is 13.2. The minimum absolute atomic E-state index is 0.125. The quantitative estimate of drug-likeness (QED) is 0.291. The first-order valence-corrected chi connectivity index (χ1v) is 10.7. The van der Waals surface area contributed by atoms with Gasteiger partial charge in [0.1, 0.15) is 0 Å². The van der Waals surface area contributed by atoms with Crippen LogP contribution in [-0.2, 0) is 6.42 Å². The molecule has 0 bridgehead atoms. The van der Waals surface area contributed by atoms with Gasteiger partial charge in [0.15, 0.2) is 0 Å². The van der Waals surface area contributed by atoms with E-state index in [2.05, 4.69) is 100 Å². The Hall–Kier alpha value is -2.03. The third-order valence-corrected chi connectivity index (χ3v) is 5.81. The first-order valence-electron chi connectivity index (χ1n) is 9.15. The maximum Gasteiger partial charge on any atom is 0.0841 e. The van der Waals surface area contributed by atoms with E-state index in [9.17, 15) is 0 Å². The van der Waals surface area contributed by atoms with Crippen LogP contribution in [0.15, 0.2) is 78.9 Å². The maximum absolute atomic E-state index is 6.35. The molecule has 0 radical (unpaired) electrons. The Kier molecular flexibility index (Phi) is 5.38. The fourth-order valence-electron chi connectivity index (χ4n) is 3.99. The smallest absolute Gasteiger partial charge is 0.0841 e. The summed E-state index contributed by atoms with van der Waals surface area (Å²) in [6.07, 6.45) is 0.978. The predicted octanol–water partition coefficient (Wildman–Crippen LogP) is 7.18. The molecular weight excluding hydrogens is 418 g/mol. The van der Waals surface area contributed by atoms with Gasteiger partial charge in [0.05, 0.1) is 6.04 Å². The van der Waals surface area contributed by atoms with Gasteiger partial charge in [-0.25, -0.2) is 0 Å². The van der Waals surface area contributed by atoms with E-state index in [1.54, 1.807) is 0 Å². The number of aryl methyl sites for hydroxylation is 1. The van der Waals surface area contributed by atoms with E-state index < -0.39 is 0 Å². The van der Waals surface area contributed by atoms with E-state index in [4.69, 9.17) is 11.6 Å². The topological polar surface area (TPSA) is 4.93 Å². The molecule has 0 spiro atoms. The number of benzene rings is 3. The summed E-state index contributed by atoms with van der Waals surface area (Å²) < 4.78 is 2.47. The molecule has 0 unspecified atom stereocenters. The Morgan fingerprint density at radius 1 is 0.889 bits per heavy atom. The molecule has 0 amide bonds. The number of nitrogens with zero attached hydrogens (tertiary/aromatic N) is 1. The third kappa shape index (κ3) is 3.44. The Morgan fingerprint density at radius 2 is 1.48 bits per heavy atom. The van der Waals surface area contributed by atoms with Gasteiger partial charge in [-0.2, -0.15) is 0 Å². The molecule has 0 aliphatic rings. The van der Waals surface area contributed by atoms with Gasteiger partial charge < -0.3 is 4.57 Å². The van der Waals surface area contributed by atoms with Crippen LogP contribution in [0.1, 0.15) is 28.4 Å². The molecule has 0 atom stereocenters. The molecule has 0 saturated carbocycles. The molecule has 1 aromatic heterocycles. The summed E-state index contributed by atoms with van der Waals surface area (Å²) in [5, 5.41) is 2.96. The van der Waals surface area contributed by atoms with Crippen molar-refractivity contribution in [3.63, 3.8) is 0 Å². The molecule has 4 rings (SSSR count). The van der Waals surface area contributed by atoms with Crippen LogP contribution in [0.3, 0.4) is 0 Å². The van der Waals surface area contributed by atoms with E-state index in [0.29, 0.717) is 0 Å². The van der Waals surface area contributed by atoms with Crippen LogP contribution < -0.4 is 0 Å². The zero-order valence-corrected chi connectivity index (χ0v) is 17.5. The summed E-state index contributed by atoms with van der Waals surface area (Å²) in [4.78, 5) is 0. The summed E-state index contributed by atoms with van der Waals surface area (Å²) in [5.41, 5.74) is 6.45. The number of hydrogen-bond acceptors (Lipinski definition) is 0. The molecule has 0 fully saturated rings. The Morgan fingerprint density at radius 3 is 2.04 bits per heavy atom. The van der Waals surface area contributed by atoms with Crippen molar-refractivity contribution in [2.24, 2.45) is 0 Å². The zero-order valence-electron chi connectivity index (χ0n) is 15.2. The maximum atomic E-state index is 6.35. The highest BCUT2D eigenvalue weighted by molar-refractivity contribution is 9.09. The second-order valence-electron chi connectivity index (χ2n) is 6.76. The van der Waals surface area contributed by atoms with Gasteiger partial charge in [0.25, 0.3) is 0 Å². The predicted molar refractivity (Wildman–Crippen MR) is 119 cm³/mol. The third-order valence-electron chi connectivity index (χ3n) is 5.17. The van der Waals surface area contributed by atoms with Gasteiger partial charge in [0, 0.05) is 26.9 Å². The van der Waals surface area contributed by atoms with Crippen LogP contribution in [0, 0.1) is 6.92 Å². The highest BCUT2D eigenvalue weighted by Crippen LogP contribution is 2.37. The van der Waals surface area contributed by atoms with Crippen LogP contribution in [0.25, 0.3) is 10.9 Å². The number of aromatic nitrogens is 1. The summed E-state index contributed by atoms with van der Waals surface area (Å²) in [5.74, 6) is 0. The number of rotatable bonds is 5. The molecule has 3 heteroatoms. The van der Waals surface area contributed by atoms with Gasteiger partial charge in [0.2, 0.25) is 0 Å². The molecule has 0 aliphatic carbocycles. The van der Waals surface area contributed by atoms with Crippen molar-refractivity contribution in [2.45, 2.75) is 19.4 Å². The lowest BCUT2D eigenvalue weighted by molar-refractivity contribution is 0.681. The minimum atomic E-state index is 0.125. The van der Waals surface area contributed by atoms with Gasteiger partial charge in [-0.3, -0.25) is 0 Å². The average Bonchev–Trinajstić information content (AvgIpc) is 2.96. The van der Waals surface area contributed by atoms with E-state index in [1.165, 1.54) is 33.3 Å². The van der Waals surface area contributed by atoms with Crippen LogP contribution in [0.4, 0.5) is 0 Å². The lowest BCUT2D eigenvalue weighted by Gasteiger charge is -2.23. The van der Waals surface area contributed by atoms with Crippen molar-refractivity contribution in [3.8, 4) is 0 Å². The molecule has 136 valence electrons. The lowest BCUT2D eigenvalue weighted by Crippen LogP contribution is -2.14. The fourth-order valence-corrected chi connectivity index (χ4v) is 4.55. The van der Waals surface area contributed by atoms with Gasteiger partial charge in [-0.15, -0.1) is 0 Å². The Balaban J connectivity index is 2.04. The van der Waals surface area contributed by atoms with Crippen LogP contribution in [0.2, 0.25) is 5.02 Å². The molecule has 3 aromatic carbocycles. The van der Waals surface area contributed by atoms with Crippen LogP contribution in [0.5, 0.6) is 0 Å². The minimum Gasteiger partial charge on any atom is -0.333 e. The van der Waals surface area contributed by atoms with Crippen molar-refractivity contribution in [3.05, 3.63) is 106 Å².